The van der Waals surface area contributed by atoms with Crippen LogP contribution in [0, 0.1) is 11.3 Å². The number of rotatable bonds is 7. The van der Waals surface area contributed by atoms with Crippen molar-refractivity contribution < 1.29 is 0 Å². The first-order valence-corrected chi connectivity index (χ1v) is 8.84. The van der Waals surface area contributed by atoms with Crippen LogP contribution < -0.4 is 5.32 Å². The van der Waals surface area contributed by atoms with Crippen LogP contribution in [-0.4, -0.2) is 62.7 Å². The second-order valence-electron chi connectivity index (χ2n) is 8.29. The Morgan fingerprint density at radius 3 is 2.24 bits per heavy atom. The lowest BCUT2D eigenvalue weighted by molar-refractivity contribution is 0.0692. The second-order valence-corrected chi connectivity index (χ2v) is 8.29. The van der Waals surface area contributed by atoms with Crippen LogP contribution in [0.2, 0.25) is 0 Å². The van der Waals surface area contributed by atoms with Crippen molar-refractivity contribution in [2.45, 2.75) is 65.5 Å². The molecule has 126 valence electrons. The highest BCUT2D eigenvalue weighted by Crippen LogP contribution is 2.39. The molecule has 0 heterocycles. The highest BCUT2D eigenvalue weighted by molar-refractivity contribution is 4.93. The Morgan fingerprint density at radius 1 is 1.05 bits per heavy atom. The minimum atomic E-state index is 0.441. The van der Waals surface area contributed by atoms with E-state index < -0.39 is 0 Å². The number of likely N-dealkylation sites (N-methyl/N-ethyl adjacent to an activating group) is 2. The lowest BCUT2D eigenvalue weighted by Crippen LogP contribution is -2.54. The zero-order chi connectivity index (χ0) is 16.0. The lowest BCUT2D eigenvalue weighted by Gasteiger charge is -2.45. The summed E-state index contributed by atoms with van der Waals surface area (Å²) in [4.78, 5) is 4.89. The van der Waals surface area contributed by atoms with Gasteiger partial charge in [-0.2, -0.15) is 0 Å². The summed E-state index contributed by atoms with van der Waals surface area (Å²) in [6.07, 6.45) is 5.28. The average Bonchev–Trinajstić information content (AvgIpc) is 2.41. The Bertz CT molecular complexity index is 283. The maximum atomic E-state index is 3.81. The molecule has 1 fully saturated rings. The summed E-state index contributed by atoms with van der Waals surface area (Å²) in [6.45, 7) is 13.0. The van der Waals surface area contributed by atoms with E-state index in [9.17, 15) is 0 Å². The van der Waals surface area contributed by atoms with E-state index in [0.717, 1.165) is 19.0 Å². The van der Waals surface area contributed by atoms with E-state index in [4.69, 9.17) is 0 Å². The first-order valence-electron chi connectivity index (χ1n) is 8.84. The maximum Gasteiger partial charge on any atom is 0.0249 e. The predicted molar refractivity (Wildman–Crippen MR) is 93.8 cm³/mol. The van der Waals surface area contributed by atoms with Crippen LogP contribution in [0.25, 0.3) is 0 Å². The minimum absolute atomic E-state index is 0.441. The van der Waals surface area contributed by atoms with Crippen molar-refractivity contribution in [2.75, 3.05) is 40.8 Å². The van der Waals surface area contributed by atoms with E-state index in [0.29, 0.717) is 17.5 Å². The topological polar surface area (TPSA) is 18.5 Å². The number of hydrogen-bond acceptors (Lipinski definition) is 3. The summed E-state index contributed by atoms with van der Waals surface area (Å²) < 4.78 is 0. The van der Waals surface area contributed by atoms with E-state index in [1.54, 1.807) is 0 Å². The summed E-state index contributed by atoms with van der Waals surface area (Å²) in [7, 11) is 6.65. The second kappa shape index (κ2) is 8.50. The van der Waals surface area contributed by atoms with Crippen LogP contribution in [0.15, 0.2) is 0 Å². The van der Waals surface area contributed by atoms with Gasteiger partial charge in [0, 0.05) is 25.2 Å². The fraction of sp³-hybridized carbons (Fsp3) is 1.00. The van der Waals surface area contributed by atoms with Crippen molar-refractivity contribution in [1.82, 2.24) is 15.1 Å². The van der Waals surface area contributed by atoms with Gasteiger partial charge in [0.15, 0.2) is 0 Å². The Balaban J connectivity index is 2.68. The number of hydrogen-bond donors (Lipinski definition) is 1. The molecule has 1 aliphatic carbocycles. The molecule has 3 unspecified atom stereocenters. The number of nitrogens with zero attached hydrogens (tertiary/aromatic N) is 2. The van der Waals surface area contributed by atoms with Gasteiger partial charge < -0.3 is 15.1 Å². The molecule has 21 heavy (non-hydrogen) atoms. The molecule has 0 aliphatic heterocycles. The highest BCUT2D eigenvalue weighted by Gasteiger charge is 2.37. The Morgan fingerprint density at radius 2 is 1.71 bits per heavy atom. The van der Waals surface area contributed by atoms with Gasteiger partial charge in [0.1, 0.15) is 0 Å². The molecule has 3 nitrogen and oxygen atoms in total. The summed E-state index contributed by atoms with van der Waals surface area (Å²) in [6, 6.07) is 1.37. The Kier molecular flexibility index (Phi) is 7.66. The SMILES string of the molecule is CCCNC1CCC(C(C)(C)C)CC1N(C)CCN(C)C. The van der Waals surface area contributed by atoms with Crippen LogP contribution in [-0.2, 0) is 0 Å². The predicted octanol–water partition coefficient (Wildman–Crippen LogP) is 3.06. The normalized spacial score (nSPS) is 27.6. The first kappa shape index (κ1) is 18.9. The van der Waals surface area contributed by atoms with Crippen LogP contribution in [0.3, 0.4) is 0 Å². The maximum absolute atomic E-state index is 3.81. The van der Waals surface area contributed by atoms with E-state index >= 15 is 0 Å². The van der Waals surface area contributed by atoms with Gasteiger partial charge in [-0.3, -0.25) is 0 Å². The molecular weight excluding hydrogens is 258 g/mol. The first-order chi connectivity index (χ1) is 9.75. The fourth-order valence-electron chi connectivity index (χ4n) is 3.51. The standard InChI is InChI=1S/C18H39N3/c1-8-11-19-16-10-9-15(18(2,3)4)14-17(16)21(7)13-12-20(5)6/h15-17,19H,8-14H2,1-7H3. The van der Waals surface area contributed by atoms with Crippen molar-refractivity contribution in [3.05, 3.63) is 0 Å². The summed E-state index contributed by atoms with van der Waals surface area (Å²) in [5, 5.41) is 3.81. The Labute approximate surface area is 133 Å². The molecule has 0 aromatic heterocycles. The van der Waals surface area contributed by atoms with Gasteiger partial charge in [-0.25, -0.2) is 0 Å². The van der Waals surface area contributed by atoms with Crippen LogP contribution in [0.5, 0.6) is 0 Å². The molecule has 1 saturated carbocycles. The van der Waals surface area contributed by atoms with Gasteiger partial charge in [-0.1, -0.05) is 27.7 Å². The molecule has 3 heteroatoms. The van der Waals surface area contributed by atoms with Crippen molar-refractivity contribution in [3.8, 4) is 0 Å². The smallest absolute Gasteiger partial charge is 0.0249 e. The van der Waals surface area contributed by atoms with Gasteiger partial charge in [0.05, 0.1) is 0 Å². The molecule has 0 bridgehead atoms. The van der Waals surface area contributed by atoms with E-state index in [-0.39, 0.29) is 0 Å². The van der Waals surface area contributed by atoms with Crippen molar-refractivity contribution in [2.24, 2.45) is 11.3 Å². The van der Waals surface area contributed by atoms with Gasteiger partial charge in [-0.05, 0) is 64.7 Å². The molecule has 1 rings (SSSR count). The van der Waals surface area contributed by atoms with Crippen molar-refractivity contribution in [1.29, 1.82) is 0 Å². The quantitative estimate of drug-likeness (QED) is 0.779. The van der Waals surface area contributed by atoms with E-state index in [1.165, 1.54) is 32.2 Å². The lowest BCUT2D eigenvalue weighted by atomic mass is 9.69. The van der Waals surface area contributed by atoms with Gasteiger partial charge >= 0.3 is 0 Å². The summed E-state index contributed by atoms with van der Waals surface area (Å²) >= 11 is 0. The molecule has 0 aromatic rings. The summed E-state index contributed by atoms with van der Waals surface area (Å²) in [5.74, 6) is 0.851. The van der Waals surface area contributed by atoms with Gasteiger partial charge in [-0.15, -0.1) is 0 Å². The minimum Gasteiger partial charge on any atom is -0.312 e. The van der Waals surface area contributed by atoms with Crippen molar-refractivity contribution in [3.63, 3.8) is 0 Å². The third kappa shape index (κ3) is 6.25. The largest absolute Gasteiger partial charge is 0.312 e. The molecule has 3 atom stereocenters. The molecule has 1 N–H and O–H groups in total. The Hall–Kier alpha value is -0.120. The molecule has 0 radical (unpaired) electrons. The average molecular weight is 298 g/mol. The fourth-order valence-corrected chi connectivity index (χ4v) is 3.51. The molecule has 0 saturated heterocycles. The third-order valence-electron chi connectivity index (χ3n) is 5.16. The van der Waals surface area contributed by atoms with Crippen molar-refractivity contribution >= 4 is 0 Å². The van der Waals surface area contributed by atoms with Crippen LogP contribution in [0.1, 0.15) is 53.4 Å². The van der Waals surface area contributed by atoms with E-state index in [1.807, 2.05) is 0 Å². The highest BCUT2D eigenvalue weighted by atomic mass is 15.2. The monoisotopic (exact) mass is 297 g/mol. The molecule has 0 spiro atoms. The zero-order valence-corrected chi connectivity index (χ0v) is 15.6. The van der Waals surface area contributed by atoms with Gasteiger partial charge in [0.25, 0.3) is 0 Å². The molecular formula is C18H39N3. The van der Waals surface area contributed by atoms with Crippen LogP contribution >= 0.6 is 0 Å². The zero-order valence-electron chi connectivity index (χ0n) is 15.6. The van der Waals surface area contributed by atoms with Gasteiger partial charge in [0.2, 0.25) is 0 Å². The molecule has 1 aliphatic rings. The number of nitrogens with one attached hydrogen (secondary N) is 1. The molecule has 0 aromatic carbocycles. The third-order valence-corrected chi connectivity index (χ3v) is 5.16. The summed E-state index contributed by atoms with van der Waals surface area (Å²) in [5.41, 5.74) is 0.441. The van der Waals surface area contributed by atoms with E-state index in [2.05, 4.69) is 64.0 Å². The van der Waals surface area contributed by atoms with Crippen LogP contribution in [0.4, 0.5) is 0 Å². The molecule has 0 amide bonds.